The summed E-state index contributed by atoms with van der Waals surface area (Å²) in [5.74, 6) is 0.152. The fraction of sp³-hybridized carbons (Fsp3) is 0.565. The van der Waals surface area contributed by atoms with Crippen molar-refractivity contribution >= 4 is 22.7 Å². The van der Waals surface area contributed by atoms with Crippen molar-refractivity contribution in [3.8, 4) is 5.75 Å². The van der Waals surface area contributed by atoms with E-state index >= 15 is 0 Å². The Hall–Kier alpha value is -2.37. The van der Waals surface area contributed by atoms with Gasteiger partial charge in [0.1, 0.15) is 11.9 Å². The molecule has 1 fully saturated rings. The van der Waals surface area contributed by atoms with E-state index in [0.29, 0.717) is 44.7 Å². The SMILES string of the molecule is CC(C)Nc1nc2c(nc1N1CCC(Oc3ccc(F)cc3F)CC1)CCN(CS(=O)[O-])C2C. The Morgan fingerprint density at radius 2 is 1.97 bits per heavy atom. The summed E-state index contributed by atoms with van der Waals surface area (Å²) in [5, 5.41) is 3.39. The summed E-state index contributed by atoms with van der Waals surface area (Å²) in [7, 11) is 0. The maximum atomic E-state index is 14.0. The molecular formula is C23H30F2N5O3S-. The number of hydrogen-bond donors (Lipinski definition) is 1. The van der Waals surface area contributed by atoms with Gasteiger partial charge in [-0.3, -0.25) is 9.11 Å². The van der Waals surface area contributed by atoms with E-state index in [2.05, 4.69) is 10.2 Å². The molecule has 2 aromatic rings. The van der Waals surface area contributed by atoms with Crippen molar-refractivity contribution in [2.75, 3.05) is 35.7 Å². The van der Waals surface area contributed by atoms with Crippen LogP contribution in [0.2, 0.25) is 0 Å². The predicted octanol–water partition coefficient (Wildman–Crippen LogP) is 3.38. The number of nitrogens with one attached hydrogen (secondary N) is 1. The summed E-state index contributed by atoms with van der Waals surface area (Å²) in [6, 6.07) is 3.33. The number of fused-ring (bicyclic) bond motifs is 1. The van der Waals surface area contributed by atoms with Crippen LogP contribution >= 0.6 is 0 Å². The van der Waals surface area contributed by atoms with Gasteiger partial charge in [-0.25, -0.2) is 18.7 Å². The van der Waals surface area contributed by atoms with E-state index < -0.39 is 22.7 Å². The maximum Gasteiger partial charge on any atom is 0.172 e. The third-order valence-corrected chi connectivity index (χ3v) is 6.73. The van der Waals surface area contributed by atoms with E-state index in [1.54, 1.807) is 0 Å². The van der Waals surface area contributed by atoms with Gasteiger partial charge in [0.2, 0.25) is 0 Å². The smallest absolute Gasteiger partial charge is 0.172 e. The van der Waals surface area contributed by atoms with Gasteiger partial charge in [0.25, 0.3) is 0 Å². The number of anilines is 2. The minimum Gasteiger partial charge on any atom is -0.771 e. The summed E-state index contributed by atoms with van der Waals surface area (Å²) >= 11 is -2.15. The molecule has 0 saturated carbocycles. The van der Waals surface area contributed by atoms with Crippen molar-refractivity contribution in [2.45, 2.75) is 58.2 Å². The molecule has 0 bridgehead atoms. The fourth-order valence-electron chi connectivity index (χ4n) is 4.45. The molecule has 8 nitrogen and oxygen atoms in total. The number of nitrogens with zero attached hydrogens (tertiary/aromatic N) is 4. The molecule has 0 spiro atoms. The second kappa shape index (κ2) is 10.5. The van der Waals surface area contributed by atoms with E-state index in [4.69, 9.17) is 14.7 Å². The summed E-state index contributed by atoms with van der Waals surface area (Å²) in [4.78, 5) is 13.9. The Bertz CT molecular complexity index is 1050. The molecule has 2 aliphatic heterocycles. The highest BCUT2D eigenvalue weighted by Gasteiger charge is 2.31. The number of aromatic nitrogens is 2. The number of ether oxygens (including phenoxy) is 1. The fourth-order valence-corrected chi connectivity index (χ4v) is 5.07. The predicted molar refractivity (Wildman–Crippen MR) is 126 cm³/mol. The first kappa shape index (κ1) is 24.7. The molecule has 2 aliphatic rings. The molecule has 3 heterocycles. The second-order valence-corrected chi connectivity index (χ2v) is 9.94. The highest BCUT2D eigenvalue weighted by atomic mass is 32.2. The Morgan fingerprint density at radius 1 is 1.24 bits per heavy atom. The van der Waals surface area contributed by atoms with Gasteiger partial charge >= 0.3 is 0 Å². The van der Waals surface area contributed by atoms with Crippen LogP contribution in [0.4, 0.5) is 20.4 Å². The van der Waals surface area contributed by atoms with Gasteiger partial charge in [-0.05, 0) is 44.0 Å². The Balaban J connectivity index is 1.51. The van der Waals surface area contributed by atoms with Crippen LogP contribution in [-0.4, -0.2) is 61.3 Å². The van der Waals surface area contributed by atoms with Crippen LogP contribution < -0.4 is 15.0 Å². The Morgan fingerprint density at radius 3 is 2.62 bits per heavy atom. The molecule has 4 rings (SSSR count). The number of rotatable bonds is 7. The molecule has 186 valence electrons. The van der Waals surface area contributed by atoms with Gasteiger partial charge < -0.3 is 19.5 Å². The van der Waals surface area contributed by atoms with Crippen molar-refractivity contribution < 1.29 is 22.3 Å². The zero-order chi connectivity index (χ0) is 24.4. The van der Waals surface area contributed by atoms with Crippen LogP contribution in [0.5, 0.6) is 5.75 Å². The first-order chi connectivity index (χ1) is 16.2. The largest absolute Gasteiger partial charge is 0.771 e. The van der Waals surface area contributed by atoms with Crippen LogP contribution in [0.3, 0.4) is 0 Å². The molecule has 1 saturated heterocycles. The third-order valence-electron chi connectivity index (χ3n) is 6.19. The van der Waals surface area contributed by atoms with E-state index in [-0.39, 0.29) is 29.8 Å². The normalized spacial score (nSPS) is 20.3. The van der Waals surface area contributed by atoms with Gasteiger partial charge in [0, 0.05) is 51.0 Å². The van der Waals surface area contributed by atoms with Crippen LogP contribution in [0.1, 0.15) is 51.0 Å². The van der Waals surface area contributed by atoms with Crippen LogP contribution in [-0.2, 0) is 17.5 Å². The average molecular weight is 495 g/mol. The molecular weight excluding hydrogens is 464 g/mol. The standard InChI is InChI=1S/C23H31F2N5O3S/c1-14(2)26-22-23(27-19-8-11-30(13-34(31)32)15(3)21(19)28-22)29-9-6-17(7-10-29)33-20-5-4-16(24)12-18(20)25/h4-5,12,14-15,17H,6-11,13H2,1-3H3,(H,26,28)(H,31,32)/p-1. The molecule has 1 aromatic carbocycles. The molecule has 0 aliphatic carbocycles. The van der Waals surface area contributed by atoms with Crippen LogP contribution in [0.15, 0.2) is 18.2 Å². The second-order valence-electron chi connectivity index (χ2n) is 9.08. The van der Waals surface area contributed by atoms with Gasteiger partial charge in [-0.15, -0.1) is 0 Å². The van der Waals surface area contributed by atoms with Crippen molar-refractivity contribution in [1.29, 1.82) is 0 Å². The van der Waals surface area contributed by atoms with E-state index in [0.717, 1.165) is 23.3 Å². The van der Waals surface area contributed by atoms with Crippen molar-refractivity contribution in [3.05, 3.63) is 41.2 Å². The molecule has 0 amide bonds. The zero-order valence-electron chi connectivity index (χ0n) is 19.6. The topological polar surface area (TPSA) is 93.7 Å². The molecule has 2 unspecified atom stereocenters. The van der Waals surface area contributed by atoms with E-state index in [1.807, 2.05) is 25.7 Å². The lowest BCUT2D eigenvalue weighted by molar-refractivity contribution is 0.163. The molecule has 1 N–H and O–H groups in total. The minimum absolute atomic E-state index is 0.0286. The maximum absolute atomic E-state index is 14.0. The first-order valence-electron chi connectivity index (χ1n) is 11.5. The zero-order valence-corrected chi connectivity index (χ0v) is 20.4. The van der Waals surface area contributed by atoms with Gasteiger partial charge in [-0.2, -0.15) is 0 Å². The lowest BCUT2D eigenvalue weighted by Gasteiger charge is -2.37. The van der Waals surface area contributed by atoms with Crippen LogP contribution in [0, 0.1) is 11.6 Å². The quantitative estimate of drug-likeness (QED) is 0.586. The van der Waals surface area contributed by atoms with Gasteiger partial charge in [0.05, 0.1) is 23.3 Å². The number of benzene rings is 1. The summed E-state index contributed by atoms with van der Waals surface area (Å²) in [6.45, 7) is 7.92. The molecule has 1 aromatic heterocycles. The monoisotopic (exact) mass is 494 g/mol. The average Bonchev–Trinajstić information content (AvgIpc) is 2.78. The number of halogens is 2. The summed E-state index contributed by atoms with van der Waals surface area (Å²) < 4.78 is 55.4. The van der Waals surface area contributed by atoms with Crippen molar-refractivity contribution in [3.63, 3.8) is 0 Å². The van der Waals surface area contributed by atoms with Crippen molar-refractivity contribution in [1.82, 2.24) is 14.9 Å². The lowest BCUT2D eigenvalue weighted by Crippen LogP contribution is -2.41. The first-order valence-corrected chi connectivity index (χ1v) is 12.8. The van der Waals surface area contributed by atoms with E-state index in [9.17, 15) is 17.5 Å². The van der Waals surface area contributed by atoms with Crippen LogP contribution in [0.25, 0.3) is 0 Å². The lowest BCUT2D eigenvalue weighted by atomic mass is 10.0. The van der Waals surface area contributed by atoms with Gasteiger partial charge in [-0.1, -0.05) is 0 Å². The molecule has 0 radical (unpaired) electrons. The Kier molecular flexibility index (Phi) is 7.63. The van der Waals surface area contributed by atoms with E-state index in [1.165, 1.54) is 12.1 Å². The third kappa shape index (κ3) is 5.64. The summed E-state index contributed by atoms with van der Waals surface area (Å²) in [6.07, 6.45) is 1.78. The molecule has 34 heavy (non-hydrogen) atoms. The molecule has 2 atom stereocenters. The Labute approximate surface area is 201 Å². The van der Waals surface area contributed by atoms with Gasteiger partial charge in [0.15, 0.2) is 23.2 Å². The summed E-state index contributed by atoms with van der Waals surface area (Å²) in [5.41, 5.74) is 1.69. The highest BCUT2D eigenvalue weighted by Crippen LogP contribution is 2.34. The molecule has 11 heteroatoms. The number of hydrogen-bond acceptors (Lipinski definition) is 8. The van der Waals surface area contributed by atoms with Crippen molar-refractivity contribution in [2.24, 2.45) is 0 Å². The number of piperidine rings is 1. The minimum atomic E-state index is -2.15. The highest BCUT2D eigenvalue weighted by molar-refractivity contribution is 7.79.